The van der Waals surface area contributed by atoms with Gasteiger partial charge in [0.2, 0.25) is 5.09 Å². The van der Waals surface area contributed by atoms with E-state index in [-0.39, 0.29) is 17.4 Å². The van der Waals surface area contributed by atoms with E-state index in [0.29, 0.717) is 19.7 Å². The predicted molar refractivity (Wildman–Crippen MR) is 105 cm³/mol. The zero-order valence-corrected chi connectivity index (χ0v) is 17.0. The fourth-order valence-electron chi connectivity index (χ4n) is 3.24. The van der Waals surface area contributed by atoms with Crippen molar-refractivity contribution in [3.63, 3.8) is 0 Å². The third-order valence-corrected chi connectivity index (χ3v) is 6.53. The summed E-state index contributed by atoms with van der Waals surface area (Å²) >= 11 is 0. The second-order valence-corrected chi connectivity index (χ2v) is 8.78. The zero-order valence-electron chi connectivity index (χ0n) is 16.2. The van der Waals surface area contributed by atoms with Crippen LogP contribution in [0.3, 0.4) is 0 Å². The highest BCUT2D eigenvalue weighted by Gasteiger charge is 2.29. The Morgan fingerprint density at radius 2 is 1.79 bits per heavy atom. The third-order valence-electron chi connectivity index (χ3n) is 4.76. The predicted octanol–water partition coefficient (Wildman–Crippen LogP) is 2.88. The summed E-state index contributed by atoms with van der Waals surface area (Å²) in [6.07, 6.45) is 2.71. The van der Waals surface area contributed by atoms with Gasteiger partial charge in [-0.2, -0.15) is 4.31 Å². The number of furan rings is 1. The normalized spacial score (nSPS) is 15.4. The smallest absolute Gasteiger partial charge is 0.287 e. The fraction of sp³-hybridized carbons (Fsp3) is 0.450. The molecular formula is C20H26N2O5S. The van der Waals surface area contributed by atoms with Crippen molar-refractivity contribution in [2.45, 2.75) is 38.2 Å². The van der Waals surface area contributed by atoms with E-state index >= 15 is 0 Å². The molecule has 0 atom stereocenters. The van der Waals surface area contributed by atoms with Crippen LogP contribution in [-0.4, -0.2) is 44.9 Å². The first-order chi connectivity index (χ1) is 13.4. The van der Waals surface area contributed by atoms with Crippen LogP contribution in [-0.2, 0) is 10.0 Å². The molecule has 0 unspecified atom stereocenters. The third kappa shape index (κ3) is 4.56. The van der Waals surface area contributed by atoms with E-state index in [0.717, 1.165) is 36.1 Å². The average molecular weight is 407 g/mol. The van der Waals surface area contributed by atoms with E-state index in [9.17, 15) is 13.2 Å². The fourth-order valence-corrected chi connectivity index (χ4v) is 4.67. The second kappa shape index (κ2) is 8.79. The van der Waals surface area contributed by atoms with E-state index in [1.807, 2.05) is 32.0 Å². The molecule has 0 spiro atoms. The number of benzene rings is 1. The number of carbonyl (C=O) groups excluding carboxylic acids is 1. The Morgan fingerprint density at radius 1 is 1.11 bits per heavy atom. The number of piperidine rings is 1. The molecule has 3 rings (SSSR count). The van der Waals surface area contributed by atoms with Gasteiger partial charge in [0, 0.05) is 13.1 Å². The van der Waals surface area contributed by atoms with Crippen molar-refractivity contribution in [1.29, 1.82) is 0 Å². The SMILES string of the molecule is Cc1cccc(C)c1OCCNC(=O)c1ccc(S(=O)(=O)N2CCCCC2)o1. The van der Waals surface area contributed by atoms with Gasteiger partial charge in [-0.3, -0.25) is 4.79 Å². The topological polar surface area (TPSA) is 88.8 Å². The van der Waals surface area contributed by atoms with Gasteiger partial charge in [-0.1, -0.05) is 24.6 Å². The minimum Gasteiger partial charge on any atom is -0.491 e. The summed E-state index contributed by atoms with van der Waals surface area (Å²) in [5, 5.41) is 2.50. The quantitative estimate of drug-likeness (QED) is 0.714. The molecule has 1 aromatic carbocycles. The standard InChI is InChI=1S/C20H26N2O5S/c1-15-7-6-8-16(2)19(15)26-14-11-21-20(23)17-9-10-18(27-17)28(24,25)22-12-4-3-5-13-22/h6-10H,3-5,11-14H2,1-2H3,(H,21,23). The van der Waals surface area contributed by atoms with Crippen LogP contribution >= 0.6 is 0 Å². The molecule has 7 nitrogen and oxygen atoms in total. The average Bonchev–Trinajstić information content (AvgIpc) is 3.19. The summed E-state index contributed by atoms with van der Waals surface area (Å²) in [4.78, 5) is 12.2. The van der Waals surface area contributed by atoms with Gasteiger partial charge in [0.15, 0.2) is 5.76 Å². The Morgan fingerprint density at radius 3 is 2.46 bits per heavy atom. The lowest BCUT2D eigenvalue weighted by Gasteiger charge is -2.24. The number of hydrogen-bond donors (Lipinski definition) is 1. The number of hydrogen-bond acceptors (Lipinski definition) is 5. The van der Waals surface area contributed by atoms with Crippen LogP contribution < -0.4 is 10.1 Å². The summed E-state index contributed by atoms with van der Waals surface area (Å²) in [7, 11) is -3.68. The second-order valence-electron chi connectivity index (χ2n) is 6.91. The molecule has 0 saturated carbocycles. The molecule has 1 N–H and O–H groups in total. The van der Waals surface area contributed by atoms with E-state index in [2.05, 4.69) is 5.32 Å². The van der Waals surface area contributed by atoms with Crippen LogP contribution in [0.5, 0.6) is 5.75 Å². The molecule has 1 amide bonds. The minimum atomic E-state index is -3.68. The van der Waals surface area contributed by atoms with Gasteiger partial charge in [0.25, 0.3) is 15.9 Å². The molecular weight excluding hydrogens is 380 g/mol. The lowest BCUT2D eigenvalue weighted by molar-refractivity contribution is 0.0913. The molecule has 8 heteroatoms. The first kappa shape index (κ1) is 20.4. The van der Waals surface area contributed by atoms with Crippen LogP contribution in [0.2, 0.25) is 0 Å². The lowest BCUT2D eigenvalue weighted by Crippen LogP contribution is -2.35. The number of nitrogens with zero attached hydrogens (tertiary/aromatic N) is 1. The maximum atomic E-state index is 12.6. The summed E-state index contributed by atoms with van der Waals surface area (Å²) in [6.45, 7) is 5.49. The number of ether oxygens (including phenoxy) is 1. The highest BCUT2D eigenvalue weighted by molar-refractivity contribution is 7.89. The summed E-state index contributed by atoms with van der Waals surface area (Å²) in [5.74, 6) is 0.317. The molecule has 0 radical (unpaired) electrons. The van der Waals surface area contributed by atoms with Crippen molar-refractivity contribution in [3.05, 3.63) is 47.2 Å². The van der Waals surface area contributed by atoms with Gasteiger partial charge in [-0.05, 0) is 49.9 Å². The molecule has 28 heavy (non-hydrogen) atoms. The van der Waals surface area contributed by atoms with Gasteiger partial charge < -0.3 is 14.5 Å². The highest BCUT2D eigenvalue weighted by atomic mass is 32.2. The Labute approximate surface area is 165 Å². The van der Waals surface area contributed by atoms with Crippen LogP contribution in [0.25, 0.3) is 0 Å². The first-order valence-electron chi connectivity index (χ1n) is 9.47. The number of nitrogens with one attached hydrogen (secondary N) is 1. The Bertz CT molecular complexity index is 910. The molecule has 152 valence electrons. The largest absolute Gasteiger partial charge is 0.491 e. The number of para-hydroxylation sites is 1. The van der Waals surface area contributed by atoms with Crippen LogP contribution in [0.4, 0.5) is 0 Å². The lowest BCUT2D eigenvalue weighted by atomic mass is 10.1. The summed E-state index contributed by atoms with van der Waals surface area (Å²) < 4.78 is 37.7. The molecule has 1 fully saturated rings. The molecule has 1 saturated heterocycles. The monoisotopic (exact) mass is 406 g/mol. The minimum absolute atomic E-state index is 0.0253. The van der Waals surface area contributed by atoms with Crippen molar-refractivity contribution in [2.24, 2.45) is 0 Å². The maximum absolute atomic E-state index is 12.6. The number of amides is 1. The van der Waals surface area contributed by atoms with Gasteiger partial charge in [0.1, 0.15) is 12.4 Å². The van der Waals surface area contributed by atoms with Crippen molar-refractivity contribution < 1.29 is 22.4 Å². The first-order valence-corrected chi connectivity index (χ1v) is 10.9. The van der Waals surface area contributed by atoms with Gasteiger partial charge in [-0.25, -0.2) is 8.42 Å². The Hall–Kier alpha value is -2.32. The van der Waals surface area contributed by atoms with Crippen molar-refractivity contribution in [2.75, 3.05) is 26.2 Å². The van der Waals surface area contributed by atoms with Crippen molar-refractivity contribution >= 4 is 15.9 Å². The van der Waals surface area contributed by atoms with Crippen molar-refractivity contribution in [3.8, 4) is 5.75 Å². The highest BCUT2D eigenvalue weighted by Crippen LogP contribution is 2.23. The maximum Gasteiger partial charge on any atom is 0.287 e. The molecule has 0 aliphatic carbocycles. The van der Waals surface area contributed by atoms with E-state index in [4.69, 9.17) is 9.15 Å². The number of carbonyl (C=O) groups is 1. The molecule has 0 bridgehead atoms. The summed E-state index contributed by atoms with van der Waals surface area (Å²) in [5.41, 5.74) is 2.06. The van der Waals surface area contributed by atoms with E-state index in [1.165, 1.54) is 16.4 Å². The molecule has 1 aliphatic heterocycles. The van der Waals surface area contributed by atoms with E-state index in [1.54, 1.807) is 0 Å². The van der Waals surface area contributed by atoms with Gasteiger partial charge >= 0.3 is 0 Å². The Balaban J connectivity index is 1.54. The molecule has 2 aromatic rings. The van der Waals surface area contributed by atoms with Crippen LogP contribution in [0.15, 0.2) is 39.8 Å². The number of sulfonamides is 1. The van der Waals surface area contributed by atoms with Crippen LogP contribution in [0, 0.1) is 13.8 Å². The van der Waals surface area contributed by atoms with Crippen LogP contribution in [0.1, 0.15) is 40.9 Å². The molecule has 1 aliphatic rings. The Kier molecular flexibility index (Phi) is 6.41. The number of rotatable bonds is 7. The molecule has 2 heterocycles. The number of aryl methyl sites for hydroxylation is 2. The zero-order chi connectivity index (χ0) is 20.1. The summed E-state index contributed by atoms with van der Waals surface area (Å²) in [6, 6.07) is 8.62. The molecule has 1 aromatic heterocycles. The van der Waals surface area contributed by atoms with Gasteiger partial charge in [0.05, 0.1) is 6.54 Å². The van der Waals surface area contributed by atoms with E-state index < -0.39 is 15.9 Å². The van der Waals surface area contributed by atoms with Crippen molar-refractivity contribution in [1.82, 2.24) is 9.62 Å². The van der Waals surface area contributed by atoms with Gasteiger partial charge in [-0.15, -0.1) is 0 Å².